The molecule has 0 aromatic heterocycles. The number of hydrogen-bond acceptors (Lipinski definition) is 3. The van der Waals surface area contributed by atoms with Crippen molar-refractivity contribution in [2.45, 2.75) is 18.8 Å². The Morgan fingerprint density at radius 1 is 1.35 bits per heavy atom. The summed E-state index contributed by atoms with van der Waals surface area (Å²) in [5.74, 6) is -0.755. The van der Waals surface area contributed by atoms with Crippen LogP contribution in [-0.2, 0) is 6.54 Å². The van der Waals surface area contributed by atoms with Gasteiger partial charge in [0.1, 0.15) is 18.2 Å². The lowest BCUT2D eigenvalue weighted by atomic mass is 10.2. The number of ether oxygens (including phenoxy) is 1. The van der Waals surface area contributed by atoms with Gasteiger partial charge in [0.25, 0.3) is 0 Å². The molecule has 0 fully saturated rings. The van der Waals surface area contributed by atoms with Gasteiger partial charge in [0, 0.05) is 18.2 Å². The van der Waals surface area contributed by atoms with Crippen molar-refractivity contribution >= 4 is 0 Å². The van der Waals surface area contributed by atoms with Crippen LogP contribution in [0.25, 0.3) is 0 Å². The first-order valence-electron chi connectivity index (χ1n) is 4.70. The van der Waals surface area contributed by atoms with Crippen molar-refractivity contribution in [3.05, 3.63) is 29.6 Å². The first-order valence-corrected chi connectivity index (χ1v) is 4.70. The van der Waals surface area contributed by atoms with Crippen LogP contribution in [0.2, 0.25) is 0 Å². The molecule has 0 aliphatic rings. The van der Waals surface area contributed by atoms with Crippen LogP contribution in [0.1, 0.15) is 5.56 Å². The van der Waals surface area contributed by atoms with Crippen LogP contribution in [-0.4, -0.2) is 24.0 Å². The molecule has 96 valence electrons. The van der Waals surface area contributed by atoms with Crippen molar-refractivity contribution in [1.82, 2.24) is 0 Å². The second-order valence-electron chi connectivity index (χ2n) is 3.33. The smallest absolute Gasteiger partial charge is 0.417 e. The van der Waals surface area contributed by atoms with Gasteiger partial charge in [-0.1, -0.05) is 6.07 Å². The van der Waals surface area contributed by atoms with E-state index >= 15 is 0 Å². The molecule has 0 amide bonds. The van der Waals surface area contributed by atoms with Gasteiger partial charge in [-0.05, 0) is 6.07 Å². The zero-order valence-corrected chi connectivity index (χ0v) is 8.67. The third-order valence-corrected chi connectivity index (χ3v) is 2.03. The maximum absolute atomic E-state index is 13.2. The summed E-state index contributed by atoms with van der Waals surface area (Å²) in [4.78, 5) is 0. The summed E-state index contributed by atoms with van der Waals surface area (Å²) in [5, 5.41) is 8.65. The minimum Gasteiger partial charge on any atom is -0.490 e. The third kappa shape index (κ3) is 3.86. The van der Waals surface area contributed by atoms with Crippen molar-refractivity contribution in [3.63, 3.8) is 0 Å². The lowest BCUT2D eigenvalue weighted by Crippen LogP contribution is -2.34. The number of rotatable bonds is 4. The zero-order chi connectivity index (χ0) is 13.1. The zero-order valence-electron chi connectivity index (χ0n) is 8.67. The molecule has 0 heterocycles. The average molecular weight is 253 g/mol. The predicted molar refractivity (Wildman–Crippen MR) is 51.8 cm³/mol. The number of benzene rings is 1. The van der Waals surface area contributed by atoms with Gasteiger partial charge < -0.3 is 15.6 Å². The molecule has 0 saturated carbocycles. The molecular weight excluding hydrogens is 242 g/mol. The van der Waals surface area contributed by atoms with Gasteiger partial charge in [-0.2, -0.15) is 13.2 Å². The summed E-state index contributed by atoms with van der Waals surface area (Å²) in [6.45, 7) is -0.998. The summed E-state index contributed by atoms with van der Waals surface area (Å²) >= 11 is 0. The van der Waals surface area contributed by atoms with Crippen molar-refractivity contribution < 1.29 is 27.4 Å². The molecule has 0 aliphatic carbocycles. The Morgan fingerprint density at radius 3 is 2.47 bits per heavy atom. The van der Waals surface area contributed by atoms with E-state index in [0.29, 0.717) is 0 Å². The molecule has 0 saturated heterocycles. The normalized spacial score (nSPS) is 13.5. The highest BCUT2D eigenvalue weighted by Gasteiger charge is 2.38. The minimum atomic E-state index is -4.75. The van der Waals surface area contributed by atoms with E-state index in [9.17, 15) is 17.6 Å². The van der Waals surface area contributed by atoms with E-state index in [1.54, 1.807) is 0 Å². The van der Waals surface area contributed by atoms with Crippen molar-refractivity contribution in [1.29, 1.82) is 0 Å². The van der Waals surface area contributed by atoms with Gasteiger partial charge in [-0.3, -0.25) is 0 Å². The van der Waals surface area contributed by atoms with Crippen molar-refractivity contribution in [2.24, 2.45) is 5.73 Å². The molecule has 7 heteroatoms. The fraction of sp³-hybridized carbons (Fsp3) is 0.400. The molecule has 3 N–H and O–H groups in total. The number of aliphatic hydroxyl groups is 1. The second kappa shape index (κ2) is 5.33. The van der Waals surface area contributed by atoms with Gasteiger partial charge >= 0.3 is 6.18 Å². The lowest BCUT2D eigenvalue weighted by Gasteiger charge is -2.15. The van der Waals surface area contributed by atoms with E-state index < -0.39 is 24.7 Å². The fourth-order valence-corrected chi connectivity index (χ4v) is 1.05. The predicted octanol–water partition coefficient (Wildman–Crippen LogP) is 1.59. The highest BCUT2D eigenvalue weighted by Crippen LogP contribution is 2.22. The van der Waals surface area contributed by atoms with E-state index in [1.165, 1.54) is 12.1 Å². The molecule has 1 unspecified atom stereocenters. The van der Waals surface area contributed by atoms with Gasteiger partial charge in [0.15, 0.2) is 6.10 Å². The van der Waals surface area contributed by atoms with E-state index in [1.807, 2.05) is 0 Å². The van der Waals surface area contributed by atoms with Crippen molar-refractivity contribution in [2.75, 3.05) is 6.61 Å². The molecule has 1 aromatic carbocycles. The van der Waals surface area contributed by atoms with Crippen molar-refractivity contribution in [3.8, 4) is 5.75 Å². The maximum atomic E-state index is 13.2. The van der Waals surface area contributed by atoms with E-state index in [4.69, 9.17) is 10.8 Å². The van der Waals surface area contributed by atoms with Crippen LogP contribution in [0.5, 0.6) is 5.75 Å². The third-order valence-electron chi connectivity index (χ3n) is 2.03. The Hall–Kier alpha value is -1.34. The standard InChI is InChI=1S/C10H11F4NO2/c11-8-3-7(2-1-6(8)4-15)17-5-9(16)10(12,13)14/h1-3,9,16H,4-5,15H2. The molecule has 0 bridgehead atoms. The monoisotopic (exact) mass is 253 g/mol. The maximum Gasteiger partial charge on any atom is 0.417 e. The number of aliphatic hydroxyl groups excluding tert-OH is 1. The fourth-order valence-electron chi connectivity index (χ4n) is 1.05. The Kier molecular flexibility index (Phi) is 4.30. The van der Waals surface area contributed by atoms with E-state index in [2.05, 4.69) is 4.74 Å². The average Bonchev–Trinajstić information content (AvgIpc) is 2.24. The molecule has 1 atom stereocenters. The summed E-state index contributed by atoms with van der Waals surface area (Å²) < 4.78 is 53.6. The quantitative estimate of drug-likeness (QED) is 0.801. The molecule has 1 aromatic rings. The Bertz CT molecular complexity index is 381. The van der Waals surface area contributed by atoms with Crippen LogP contribution in [0.15, 0.2) is 18.2 Å². The topological polar surface area (TPSA) is 55.5 Å². The first kappa shape index (κ1) is 13.7. The Morgan fingerprint density at radius 2 is 2.00 bits per heavy atom. The van der Waals surface area contributed by atoms with E-state index in [-0.39, 0.29) is 17.9 Å². The molecule has 0 radical (unpaired) electrons. The highest BCUT2D eigenvalue weighted by atomic mass is 19.4. The highest BCUT2D eigenvalue weighted by molar-refractivity contribution is 5.28. The summed E-state index contributed by atoms with van der Waals surface area (Å²) in [5.41, 5.74) is 5.44. The number of nitrogens with two attached hydrogens (primary N) is 1. The molecule has 0 spiro atoms. The first-order chi connectivity index (χ1) is 7.84. The van der Waals surface area contributed by atoms with Gasteiger partial charge in [-0.25, -0.2) is 4.39 Å². The lowest BCUT2D eigenvalue weighted by molar-refractivity contribution is -0.210. The Balaban J connectivity index is 2.61. The van der Waals surface area contributed by atoms with Crippen LogP contribution in [0.4, 0.5) is 17.6 Å². The Labute approximate surface area is 94.8 Å². The molecule has 1 rings (SSSR count). The van der Waals surface area contributed by atoms with Gasteiger partial charge in [-0.15, -0.1) is 0 Å². The molecular formula is C10H11F4NO2. The summed E-state index contributed by atoms with van der Waals surface area (Å²) in [6, 6.07) is 3.52. The number of alkyl halides is 3. The largest absolute Gasteiger partial charge is 0.490 e. The molecule has 0 aliphatic heterocycles. The molecule has 3 nitrogen and oxygen atoms in total. The SMILES string of the molecule is NCc1ccc(OCC(O)C(F)(F)F)cc1F. The number of halogens is 4. The second-order valence-corrected chi connectivity index (χ2v) is 3.33. The van der Waals surface area contributed by atoms with E-state index in [0.717, 1.165) is 6.07 Å². The van der Waals surface area contributed by atoms with Crippen LogP contribution in [0, 0.1) is 5.82 Å². The van der Waals surface area contributed by atoms with Crippen LogP contribution in [0.3, 0.4) is 0 Å². The van der Waals surface area contributed by atoms with Crippen LogP contribution < -0.4 is 10.5 Å². The minimum absolute atomic E-state index is 0.0166. The number of hydrogen-bond donors (Lipinski definition) is 2. The summed E-state index contributed by atoms with van der Waals surface area (Å²) in [7, 11) is 0. The van der Waals surface area contributed by atoms with Gasteiger partial charge in [0.2, 0.25) is 0 Å². The van der Waals surface area contributed by atoms with Crippen LogP contribution >= 0.6 is 0 Å². The molecule has 17 heavy (non-hydrogen) atoms. The summed E-state index contributed by atoms with van der Waals surface area (Å²) in [6.07, 6.45) is -7.35. The van der Waals surface area contributed by atoms with Gasteiger partial charge in [0.05, 0.1) is 0 Å².